The highest BCUT2D eigenvalue weighted by molar-refractivity contribution is 5.03. The second kappa shape index (κ2) is 5.76. The molecule has 2 aromatic heterocycles. The van der Waals surface area contributed by atoms with Crippen LogP contribution in [-0.4, -0.2) is 50.7 Å². The van der Waals surface area contributed by atoms with Crippen molar-refractivity contribution < 1.29 is 4.52 Å². The van der Waals surface area contributed by atoms with Crippen molar-refractivity contribution in [2.45, 2.75) is 20.0 Å². The highest BCUT2D eigenvalue weighted by atomic mass is 16.5. The molecular weight excluding hydrogens is 254 g/mol. The van der Waals surface area contributed by atoms with Crippen LogP contribution in [0.4, 0.5) is 0 Å². The molecule has 2 aromatic rings. The number of hydrogen-bond donors (Lipinski definition) is 0. The van der Waals surface area contributed by atoms with Crippen molar-refractivity contribution in [1.29, 1.82) is 0 Å². The minimum atomic E-state index is 0.858. The van der Waals surface area contributed by atoms with Crippen molar-refractivity contribution in [3.05, 3.63) is 35.7 Å². The van der Waals surface area contributed by atoms with Gasteiger partial charge in [0.05, 0.1) is 18.8 Å². The van der Waals surface area contributed by atoms with E-state index in [4.69, 9.17) is 4.52 Å². The van der Waals surface area contributed by atoms with Gasteiger partial charge in [0.15, 0.2) is 5.76 Å². The van der Waals surface area contributed by atoms with Gasteiger partial charge >= 0.3 is 0 Å². The summed E-state index contributed by atoms with van der Waals surface area (Å²) in [5, 5.41) is 3.93. The first kappa shape index (κ1) is 13.3. The third-order valence-corrected chi connectivity index (χ3v) is 3.81. The van der Waals surface area contributed by atoms with Crippen LogP contribution in [0.25, 0.3) is 0 Å². The Morgan fingerprint density at radius 2 is 1.85 bits per heavy atom. The van der Waals surface area contributed by atoms with Crippen molar-refractivity contribution in [3.63, 3.8) is 0 Å². The molecule has 1 aliphatic heterocycles. The highest BCUT2D eigenvalue weighted by Gasteiger charge is 2.19. The van der Waals surface area contributed by atoms with E-state index in [0.717, 1.165) is 56.5 Å². The van der Waals surface area contributed by atoms with Crippen LogP contribution in [0.5, 0.6) is 0 Å². The summed E-state index contributed by atoms with van der Waals surface area (Å²) in [5.74, 6) is 2.09. The van der Waals surface area contributed by atoms with Gasteiger partial charge in [0.1, 0.15) is 5.82 Å². The highest BCUT2D eigenvalue weighted by Crippen LogP contribution is 2.11. The Hall–Kier alpha value is -1.66. The predicted molar refractivity (Wildman–Crippen MR) is 75.0 cm³/mol. The van der Waals surface area contributed by atoms with Crippen LogP contribution in [0.15, 0.2) is 23.0 Å². The fourth-order valence-electron chi connectivity index (χ4n) is 2.57. The Labute approximate surface area is 119 Å². The van der Waals surface area contributed by atoms with E-state index in [0.29, 0.717) is 0 Å². The van der Waals surface area contributed by atoms with Gasteiger partial charge in [-0.2, -0.15) is 0 Å². The van der Waals surface area contributed by atoms with Crippen LogP contribution in [0.2, 0.25) is 0 Å². The Bertz CT molecular complexity index is 553. The predicted octanol–water partition coefficient (Wildman–Crippen LogP) is 1.03. The molecule has 6 nitrogen and oxygen atoms in total. The molecule has 0 aromatic carbocycles. The van der Waals surface area contributed by atoms with E-state index < -0.39 is 0 Å². The molecule has 108 valence electrons. The lowest BCUT2D eigenvalue weighted by molar-refractivity contribution is 0.111. The SMILES string of the molecule is Cc1cc(CN2CCN(Cc3nccn3C)CC2)on1. The molecule has 0 saturated carbocycles. The number of rotatable bonds is 4. The quantitative estimate of drug-likeness (QED) is 0.834. The summed E-state index contributed by atoms with van der Waals surface area (Å²) < 4.78 is 7.36. The molecule has 3 heterocycles. The molecule has 0 N–H and O–H groups in total. The first-order chi connectivity index (χ1) is 9.70. The topological polar surface area (TPSA) is 50.3 Å². The zero-order chi connectivity index (χ0) is 13.9. The molecule has 1 aliphatic rings. The minimum Gasteiger partial charge on any atom is -0.360 e. The van der Waals surface area contributed by atoms with Crippen molar-refractivity contribution in [1.82, 2.24) is 24.5 Å². The van der Waals surface area contributed by atoms with E-state index in [9.17, 15) is 0 Å². The van der Waals surface area contributed by atoms with Crippen LogP contribution >= 0.6 is 0 Å². The maximum absolute atomic E-state index is 5.28. The number of imidazole rings is 1. The molecular formula is C14H21N5O. The fourth-order valence-corrected chi connectivity index (χ4v) is 2.57. The summed E-state index contributed by atoms with van der Waals surface area (Å²) in [6.45, 7) is 8.00. The second-order valence-electron chi connectivity index (χ2n) is 5.44. The van der Waals surface area contributed by atoms with Gasteiger partial charge in [-0.3, -0.25) is 9.80 Å². The van der Waals surface area contributed by atoms with E-state index in [1.807, 2.05) is 32.4 Å². The molecule has 0 amide bonds. The first-order valence-corrected chi connectivity index (χ1v) is 7.04. The monoisotopic (exact) mass is 275 g/mol. The number of hydrogen-bond acceptors (Lipinski definition) is 5. The summed E-state index contributed by atoms with van der Waals surface area (Å²) in [6.07, 6.45) is 3.86. The number of nitrogens with zero attached hydrogens (tertiary/aromatic N) is 5. The third kappa shape index (κ3) is 3.08. The van der Waals surface area contributed by atoms with Crippen molar-refractivity contribution >= 4 is 0 Å². The van der Waals surface area contributed by atoms with E-state index >= 15 is 0 Å². The molecule has 1 saturated heterocycles. The Kier molecular flexibility index (Phi) is 3.84. The lowest BCUT2D eigenvalue weighted by atomic mass is 10.3. The second-order valence-corrected chi connectivity index (χ2v) is 5.44. The first-order valence-electron chi connectivity index (χ1n) is 7.04. The smallest absolute Gasteiger partial charge is 0.150 e. The molecule has 0 radical (unpaired) electrons. The van der Waals surface area contributed by atoms with Gasteiger partial charge in [-0.25, -0.2) is 4.98 Å². The zero-order valence-electron chi connectivity index (χ0n) is 12.1. The fraction of sp³-hybridized carbons (Fsp3) is 0.571. The summed E-state index contributed by atoms with van der Waals surface area (Å²) in [4.78, 5) is 9.24. The molecule has 6 heteroatoms. The van der Waals surface area contributed by atoms with E-state index in [-0.39, 0.29) is 0 Å². The maximum Gasteiger partial charge on any atom is 0.150 e. The van der Waals surface area contributed by atoms with Gasteiger partial charge in [-0.1, -0.05) is 5.16 Å². The summed E-state index contributed by atoms with van der Waals surface area (Å²) in [5.41, 5.74) is 0.952. The molecule has 0 aliphatic carbocycles. The van der Waals surface area contributed by atoms with Crippen LogP contribution in [0.3, 0.4) is 0 Å². The van der Waals surface area contributed by atoms with Crippen molar-refractivity contribution in [2.75, 3.05) is 26.2 Å². The van der Waals surface area contributed by atoms with E-state index in [1.54, 1.807) is 0 Å². The van der Waals surface area contributed by atoms with Crippen LogP contribution < -0.4 is 0 Å². The number of aryl methyl sites for hydroxylation is 2. The normalized spacial score (nSPS) is 17.7. The largest absolute Gasteiger partial charge is 0.360 e. The average Bonchev–Trinajstić information content (AvgIpc) is 3.02. The Morgan fingerprint density at radius 3 is 2.40 bits per heavy atom. The van der Waals surface area contributed by atoms with Gasteiger partial charge in [0.25, 0.3) is 0 Å². The minimum absolute atomic E-state index is 0.858. The molecule has 0 atom stereocenters. The third-order valence-electron chi connectivity index (χ3n) is 3.81. The molecule has 0 spiro atoms. The summed E-state index contributed by atoms with van der Waals surface area (Å²) in [6, 6.07) is 2.01. The summed E-state index contributed by atoms with van der Waals surface area (Å²) in [7, 11) is 2.05. The maximum atomic E-state index is 5.28. The standard InChI is InChI=1S/C14H21N5O/c1-12-9-13(20-16-12)10-18-5-7-19(8-6-18)11-14-15-3-4-17(14)2/h3-4,9H,5-8,10-11H2,1-2H3. The van der Waals surface area contributed by atoms with Crippen molar-refractivity contribution in [2.24, 2.45) is 7.05 Å². The van der Waals surface area contributed by atoms with Gasteiger partial charge in [-0.05, 0) is 6.92 Å². The molecule has 20 heavy (non-hydrogen) atoms. The Morgan fingerprint density at radius 1 is 1.15 bits per heavy atom. The molecule has 0 unspecified atom stereocenters. The van der Waals surface area contributed by atoms with Gasteiger partial charge in [0, 0.05) is 51.7 Å². The van der Waals surface area contributed by atoms with Crippen molar-refractivity contribution in [3.8, 4) is 0 Å². The Balaban J connectivity index is 1.48. The lowest BCUT2D eigenvalue weighted by Gasteiger charge is -2.33. The number of aromatic nitrogens is 3. The lowest BCUT2D eigenvalue weighted by Crippen LogP contribution is -2.45. The van der Waals surface area contributed by atoms with Crippen LogP contribution in [-0.2, 0) is 20.1 Å². The average molecular weight is 275 g/mol. The van der Waals surface area contributed by atoms with Gasteiger partial charge < -0.3 is 9.09 Å². The van der Waals surface area contributed by atoms with Crippen LogP contribution in [0.1, 0.15) is 17.3 Å². The van der Waals surface area contributed by atoms with E-state index in [2.05, 4.69) is 24.5 Å². The van der Waals surface area contributed by atoms with E-state index in [1.165, 1.54) is 0 Å². The molecule has 3 rings (SSSR count). The van der Waals surface area contributed by atoms with Crippen LogP contribution in [0, 0.1) is 6.92 Å². The summed E-state index contributed by atoms with van der Waals surface area (Å²) >= 11 is 0. The van der Waals surface area contributed by atoms with Gasteiger partial charge in [-0.15, -0.1) is 0 Å². The van der Waals surface area contributed by atoms with Gasteiger partial charge in [0.2, 0.25) is 0 Å². The number of piperazine rings is 1. The zero-order valence-corrected chi connectivity index (χ0v) is 12.1. The molecule has 1 fully saturated rings. The molecule has 0 bridgehead atoms.